The lowest BCUT2D eigenvalue weighted by atomic mass is 9.84. The summed E-state index contributed by atoms with van der Waals surface area (Å²) in [4.78, 5) is 11.0. The van der Waals surface area contributed by atoms with Crippen LogP contribution in [0, 0.1) is 0 Å². The van der Waals surface area contributed by atoms with E-state index in [0.717, 1.165) is 36.7 Å². The van der Waals surface area contributed by atoms with Gasteiger partial charge in [-0.2, -0.15) is 4.98 Å². The molecule has 3 rings (SSSR count). The van der Waals surface area contributed by atoms with Crippen LogP contribution in [-0.2, 0) is 10.8 Å². The maximum Gasteiger partial charge on any atom is 0.234 e. The molecule has 0 unspecified atom stereocenters. The van der Waals surface area contributed by atoms with Gasteiger partial charge in [-0.1, -0.05) is 5.16 Å². The van der Waals surface area contributed by atoms with Crippen molar-refractivity contribution < 1.29 is 4.52 Å². The molecule has 5 heteroatoms. The molecule has 0 spiro atoms. The summed E-state index contributed by atoms with van der Waals surface area (Å²) in [6.45, 7) is 5.19. The Balaban J connectivity index is 1.89. The van der Waals surface area contributed by atoms with Crippen molar-refractivity contribution in [1.29, 1.82) is 0 Å². The topological polar surface area (TPSA) is 55.1 Å². The Labute approximate surface area is 125 Å². The largest absolute Gasteiger partial charge is 0.339 e. The van der Waals surface area contributed by atoms with Gasteiger partial charge in [0.2, 0.25) is 5.89 Å². The van der Waals surface area contributed by atoms with Gasteiger partial charge in [-0.3, -0.25) is 4.98 Å². The number of hydrogen-bond acceptors (Lipinski definition) is 5. The van der Waals surface area contributed by atoms with Crippen LogP contribution in [0.4, 0.5) is 0 Å². The molecule has 1 aliphatic carbocycles. The summed E-state index contributed by atoms with van der Waals surface area (Å²) in [5.74, 6) is 1.53. The molecule has 0 aromatic carbocycles. The molecular formula is C16H22N4O. The van der Waals surface area contributed by atoms with Crippen LogP contribution in [-0.4, -0.2) is 40.7 Å². The van der Waals surface area contributed by atoms with E-state index in [9.17, 15) is 0 Å². The highest BCUT2D eigenvalue weighted by Gasteiger charge is 2.50. The smallest absolute Gasteiger partial charge is 0.234 e. The lowest BCUT2D eigenvalue weighted by molar-refractivity contribution is 0.289. The van der Waals surface area contributed by atoms with E-state index < -0.39 is 0 Å². The lowest BCUT2D eigenvalue weighted by Gasteiger charge is -2.20. The highest BCUT2D eigenvalue weighted by atomic mass is 16.5. The number of rotatable bonds is 5. The zero-order chi connectivity index (χ0) is 15.1. The second-order valence-corrected chi connectivity index (χ2v) is 6.80. The average Bonchev–Trinajstić information content (AvgIpc) is 3.04. The molecule has 2 heterocycles. The molecule has 0 N–H and O–H groups in total. The van der Waals surface area contributed by atoms with Gasteiger partial charge in [0.05, 0.1) is 10.8 Å². The third kappa shape index (κ3) is 2.58. The van der Waals surface area contributed by atoms with Gasteiger partial charge < -0.3 is 9.42 Å². The lowest BCUT2D eigenvalue weighted by Crippen LogP contribution is -2.26. The molecule has 2 aromatic heterocycles. The van der Waals surface area contributed by atoms with Gasteiger partial charge in [0.1, 0.15) is 0 Å². The summed E-state index contributed by atoms with van der Waals surface area (Å²) >= 11 is 0. The fourth-order valence-electron chi connectivity index (χ4n) is 2.79. The van der Waals surface area contributed by atoms with Crippen LogP contribution in [0.1, 0.15) is 44.0 Å². The molecule has 2 aromatic rings. The standard InChI is InChI=1S/C16H22N4O/c1-15(2,12-5-9-17-10-6-12)13-18-14(21-19-13)16(7-8-16)11-20(3)4/h5-6,9-10H,7-8,11H2,1-4H3. The van der Waals surface area contributed by atoms with E-state index in [-0.39, 0.29) is 10.8 Å². The Kier molecular flexibility index (Phi) is 3.32. The molecule has 0 saturated heterocycles. The Morgan fingerprint density at radius 1 is 1.24 bits per heavy atom. The van der Waals surface area contributed by atoms with Crippen molar-refractivity contribution in [3.05, 3.63) is 41.8 Å². The summed E-state index contributed by atoms with van der Waals surface area (Å²) < 4.78 is 5.60. The van der Waals surface area contributed by atoms with Gasteiger partial charge in [0, 0.05) is 18.9 Å². The molecule has 1 aliphatic rings. The second-order valence-electron chi connectivity index (χ2n) is 6.80. The molecular weight excluding hydrogens is 264 g/mol. The number of hydrogen-bond donors (Lipinski definition) is 0. The van der Waals surface area contributed by atoms with E-state index >= 15 is 0 Å². The quantitative estimate of drug-likeness (QED) is 0.844. The van der Waals surface area contributed by atoms with Gasteiger partial charge in [-0.25, -0.2) is 0 Å². The van der Waals surface area contributed by atoms with E-state index in [1.165, 1.54) is 0 Å². The first-order valence-corrected chi connectivity index (χ1v) is 7.34. The van der Waals surface area contributed by atoms with Crippen LogP contribution in [0.25, 0.3) is 0 Å². The van der Waals surface area contributed by atoms with Crippen molar-refractivity contribution in [3.63, 3.8) is 0 Å². The molecule has 112 valence electrons. The van der Waals surface area contributed by atoms with Crippen LogP contribution in [0.2, 0.25) is 0 Å². The normalized spacial score (nSPS) is 17.2. The van der Waals surface area contributed by atoms with Crippen LogP contribution in [0.15, 0.2) is 29.0 Å². The van der Waals surface area contributed by atoms with Gasteiger partial charge in [0.25, 0.3) is 0 Å². The summed E-state index contributed by atoms with van der Waals surface area (Å²) in [7, 11) is 4.16. The zero-order valence-corrected chi connectivity index (χ0v) is 13.1. The van der Waals surface area contributed by atoms with Gasteiger partial charge >= 0.3 is 0 Å². The highest BCUT2D eigenvalue weighted by molar-refractivity contribution is 5.29. The Morgan fingerprint density at radius 2 is 1.90 bits per heavy atom. The average molecular weight is 286 g/mol. The first kappa shape index (κ1) is 14.2. The predicted octanol–water partition coefficient (Wildman–Crippen LogP) is 2.38. The molecule has 0 atom stereocenters. The number of likely N-dealkylation sites (N-methyl/N-ethyl adjacent to an activating group) is 1. The van der Waals surface area contributed by atoms with Crippen molar-refractivity contribution in [3.8, 4) is 0 Å². The number of aromatic nitrogens is 3. The molecule has 0 amide bonds. The number of pyridine rings is 1. The minimum Gasteiger partial charge on any atom is -0.339 e. The molecule has 0 radical (unpaired) electrons. The SMILES string of the molecule is CN(C)CC1(c2nc(C(C)(C)c3ccncc3)no2)CC1. The third-order valence-corrected chi connectivity index (χ3v) is 4.31. The van der Waals surface area contributed by atoms with Crippen LogP contribution in [0.3, 0.4) is 0 Å². The summed E-state index contributed by atoms with van der Waals surface area (Å²) in [6, 6.07) is 4.01. The van der Waals surface area contributed by atoms with Crippen molar-refractivity contribution >= 4 is 0 Å². The number of nitrogens with zero attached hydrogens (tertiary/aromatic N) is 4. The first-order chi connectivity index (χ1) is 9.94. The molecule has 21 heavy (non-hydrogen) atoms. The minimum atomic E-state index is -0.279. The fraction of sp³-hybridized carbons (Fsp3) is 0.562. The Hall–Kier alpha value is -1.75. The van der Waals surface area contributed by atoms with Gasteiger partial charge in [-0.05, 0) is 58.5 Å². The molecule has 5 nitrogen and oxygen atoms in total. The van der Waals surface area contributed by atoms with Crippen LogP contribution in [0.5, 0.6) is 0 Å². The first-order valence-electron chi connectivity index (χ1n) is 7.34. The Morgan fingerprint density at radius 3 is 2.48 bits per heavy atom. The van der Waals surface area contributed by atoms with Crippen LogP contribution >= 0.6 is 0 Å². The maximum atomic E-state index is 5.60. The molecule has 0 bridgehead atoms. The van der Waals surface area contributed by atoms with Crippen molar-refractivity contribution in [2.75, 3.05) is 20.6 Å². The maximum absolute atomic E-state index is 5.60. The van der Waals surface area contributed by atoms with Crippen molar-refractivity contribution in [1.82, 2.24) is 20.0 Å². The monoisotopic (exact) mass is 286 g/mol. The third-order valence-electron chi connectivity index (χ3n) is 4.31. The summed E-state index contributed by atoms with van der Waals surface area (Å²) in [5, 5.41) is 4.25. The summed E-state index contributed by atoms with van der Waals surface area (Å²) in [6.07, 6.45) is 5.85. The van der Waals surface area contributed by atoms with Crippen LogP contribution < -0.4 is 0 Å². The van der Waals surface area contributed by atoms with E-state index in [1.807, 2.05) is 12.1 Å². The van der Waals surface area contributed by atoms with Crippen molar-refractivity contribution in [2.24, 2.45) is 0 Å². The van der Waals surface area contributed by atoms with E-state index in [0.29, 0.717) is 0 Å². The fourth-order valence-corrected chi connectivity index (χ4v) is 2.79. The highest BCUT2D eigenvalue weighted by Crippen LogP contribution is 2.48. The Bertz CT molecular complexity index is 614. The van der Waals surface area contributed by atoms with E-state index in [2.05, 4.69) is 43.0 Å². The second kappa shape index (κ2) is 4.91. The van der Waals surface area contributed by atoms with Gasteiger partial charge in [0.15, 0.2) is 5.82 Å². The minimum absolute atomic E-state index is 0.0725. The van der Waals surface area contributed by atoms with E-state index in [4.69, 9.17) is 9.51 Å². The summed E-state index contributed by atoms with van der Waals surface area (Å²) in [5.41, 5.74) is 0.935. The molecule has 0 aliphatic heterocycles. The van der Waals surface area contributed by atoms with Gasteiger partial charge in [-0.15, -0.1) is 0 Å². The molecule has 1 fully saturated rings. The molecule has 1 saturated carbocycles. The van der Waals surface area contributed by atoms with Crippen molar-refractivity contribution in [2.45, 2.75) is 37.5 Å². The predicted molar refractivity (Wildman–Crippen MR) is 80.1 cm³/mol. The zero-order valence-electron chi connectivity index (χ0n) is 13.1. The van der Waals surface area contributed by atoms with E-state index in [1.54, 1.807) is 12.4 Å².